The number of benzene rings is 2. The van der Waals surface area contributed by atoms with Gasteiger partial charge in [0.1, 0.15) is 11.8 Å². The number of methoxy groups -OCH3 is 1. The molecule has 0 heterocycles. The predicted octanol–water partition coefficient (Wildman–Crippen LogP) is 3.53. The molecule has 0 bridgehead atoms. The number of ether oxygens (including phenoxy) is 1. The molecule has 2 aromatic rings. The number of halogens is 1. The first kappa shape index (κ1) is 20.5. The molecule has 2 aromatic carbocycles. The van der Waals surface area contributed by atoms with Crippen LogP contribution >= 0.6 is 11.6 Å². The van der Waals surface area contributed by atoms with Crippen molar-refractivity contribution >= 4 is 29.5 Å². The molecule has 142 valence electrons. The van der Waals surface area contributed by atoms with Gasteiger partial charge in [-0.2, -0.15) is 0 Å². The van der Waals surface area contributed by atoms with Gasteiger partial charge in [0.2, 0.25) is 11.8 Å². The Morgan fingerprint density at radius 2 is 1.78 bits per heavy atom. The van der Waals surface area contributed by atoms with E-state index in [0.29, 0.717) is 11.6 Å². The van der Waals surface area contributed by atoms with E-state index in [1.54, 1.807) is 44.2 Å². The number of carbonyl (C=O) groups is 2. The molecule has 0 aliphatic heterocycles. The molecule has 2 rings (SSSR count). The molecule has 5 nitrogen and oxygen atoms in total. The second kappa shape index (κ2) is 9.78. The van der Waals surface area contributed by atoms with Gasteiger partial charge < -0.3 is 15.0 Å². The molecule has 0 aromatic heterocycles. The van der Waals surface area contributed by atoms with Crippen molar-refractivity contribution in [3.8, 4) is 5.75 Å². The average Bonchev–Trinajstić information content (AvgIpc) is 2.67. The minimum absolute atomic E-state index is 0.170. The number of carbonyl (C=O) groups excluding carboxylic acids is 2. The molecule has 1 unspecified atom stereocenters. The molecule has 0 aliphatic carbocycles. The number of hydrogen-bond acceptors (Lipinski definition) is 3. The third-order valence-corrected chi connectivity index (χ3v) is 4.23. The summed E-state index contributed by atoms with van der Waals surface area (Å²) >= 11 is 5.87. The smallest absolute Gasteiger partial charge is 0.244 e. The zero-order valence-electron chi connectivity index (χ0n) is 15.6. The molecule has 1 atom stereocenters. The van der Waals surface area contributed by atoms with E-state index in [2.05, 4.69) is 5.32 Å². The van der Waals surface area contributed by atoms with Crippen LogP contribution in [0, 0.1) is 0 Å². The lowest BCUT2D eigenvalue weighted by molar-refractivity contribution is -0.134. The van der Waals surface area contributed by atoms with Crippen LogP contribution in [0.4, 0.5) is 0 Å². The molecular formula is C21H23ClN2O3. The number of rotatable bonds is 7. The third kappa shape index (κ3) is 6.46. The van der Waals surface area contributed by atoms with E-state index < -0.39 is 6.04 Å². The minimum Gasteiger partial charge on any atom is -0.497 e. The maximum atomic E-state index is 12.4. The Kier molecular flexibility index (Phi) is 7.44. The van der Waals surface area contributed by atoms with Crippen LogP contribution in [0.2, 0.25) is 5.02 Å². The summed E-state index contributed by atoms with van der Waals surface area (Å²) in [4.78, 5) is 26.1. The van der Waals surface area contributed by atoms with Gasteiger partial charge in [0, 0.05) is 24.7 Å². The first-order valence-electron chi connectivity index (χ1n) is 8.51. The highest BCUT2D eigenvalue weighted by Gasteiger charge is 2.18. The zero-order chi connectivity index (χ0) is 19.8. The van der Waals surface area contributed by atoms with Crippen molar-refractivity contribution in [3.05, 3.63) is 70.8 Å². The summed E-state index contributed by atoms with van der Waals surface area (Å²) in [5.41, 5.74) is 1.83. The van der Waals surface area contributed by atoms with Crippen LogP contribution in [0.15, 0.2) is 54.6 Å². The van der Waals surface area contributed by atoms with Crippen LogP contribution < -0.4 is 10.1 Å². The third-order valence-electron chi connectivity index (χ3n) is 3.98. The lowest BCUT2D eigenvalue weighted by Crippen LogP contribution is -2.44. The second-order valence-corrected chi connectivity index (χ2v) is 6.59. The molecule has 0 spiro atoms. The van der Waals surface area contributed by atoms with E-state index >= 15 is 0 Å². The fraction of sp³-hybridized carbons (Fsp3) is 0.238. The van der Waals surface area contributed by atoms with Crippen molar-refractivity contribution in [3.63, 3.8) is 0 Å². The van der Waals surface area contributed by atoms with Crippen LogP contribution in [0.5, 0.6) is 5.75 Å². The van der Waals surface area contributed by atoms with Crippen molar-refractivity contribution in [2.24, 2.45) is 0 Å². The molecule has 0 saturated carbocycles. The van der Waals surface area contributed by atoms with E-state index in [4.69, 9.17) is 16.3 Å². The van der Waals surface area contributed by atoms with E-state index in [1.807, 2.05) is 36.4 Å². The maximum Gasteiger partial charge on any atom is 0.244 e. The molecule has 1 N–H and O–H groups in total. The van der Waals surface area contributed by atoms with Crippen molar-refractivity contribution in [1.82, 2.24) is 10.2 Å². The molecule has 27 heavy (non-hydrogen) atoms. The van der Waals surface area contributed by atoms with Gasteiger partial charge in [0.05, 0.1) is 7.11 Å². The summed E-state index contributed by atoms with van der Waals surface area (Å²) in [6.45, 7) is 2.11. The average molecular weight is 387 g/mol. The molecule has 2 amide bonds. The Morgan fingerprint density at radius 3 is 2.37 bits per heavy atom. The predicted molar refractivity (Wildman–Crippen MR) is 108 cm³/mol. The Balaban J connectivity index is 1.87. The lowest BCUT2D eigenvalue weighted by Gasteiger charge is -2.22. The monoisotopic (exact) mass is 386 g/mol. The van der Waals surface area contributed by atoms with Gasteiger partial charge >= 0.3 is 0 Å². The number of likely N-dealkylation sites (N-methyl/N-ethyl adjacent to an activating group) is 1. The van der Waals surface area contributed by atoms with Crippen LogP contribution in [0.1, 0.15) is 18.1 Å². The Bertz CT molecular complexity index is 801. The van der Waals surface area contributed by atoms with Crippen LogP contribution in [0.25, 0.3) is 6.08 Å². The van der Waals surface area contributed by atoms with E-state index in [0.717, 1.165) is 16.9 Å². The summed E-state index contributed by atoms with van der Waals surface area (Å²) in [7, 11) is 3.30. The summed E-state index contributed by atoms with van der Waals surface area (Å²) in [6, 6.07) is 14.0. The summed E-state index contributed by atoms with van der Waals surface area (Å²) in [6.07, 6.45) is 3.09. The van der Waals surface area contributed by atoms with Gasteiger partial charge in [-0.15, -0.1) is 0 Å². The number of nitrogens with zero attached hydrogens (tertiary/aromatic N) is 1. The standard InChI is InChI=1S/C21H23ClN2O3/c1-15(21(26)24(2)14-17-4-9-18(22)10-5-17)23-20(25)13-8-16-6-11-19(27-3)12-7-16/h4-13,15H,14H2,1-3H3,(H,23,25)/b13-8+. The van der Waals surface area contributed by atoms with Gasteiger partial charge in [-0.1, -0.05) is 35.9 Å². The van der Waals surface area contributed by atoms with Crippen LogP contribution in [-0.2, 0) is 16.1 Å². The number of amides is 2. The van der Waals surface area contributed by atoms with Crippen molar-refractivity contribution in [1.29, 1.82) is 0 Å². The lowest BCUT2D eigenvalue weighted by atomic mass is 10.2. The van der Waals surface area contributed by atoms with Crippen LogP contribution in [0.3, 0.4) is 0 Å². The fourth-order valence-electron chi connectivity index (χ4n) is 2.48. The van der Waals surface area contributed by atoms with Gasteiger partial charge in [0.25, 0.3) is 0 Å². The van der Waals surface area contributed by atoms with Crippen molar-refractivity contribution < 1.29 is 14.3 Å². The Hall–Kier alpha value is -2.79. The second-order valence-electron chi connectivity index (χ2n) is 6.16. The molecule has 0 aliphatic rings. The molecule has 0 saturated heterocycles. The SMILES string of the molecule is COc1ccc(/C=C/C(=O)NC(C)C(=O)N(C)Cc2ccc(Cl)cc2)cc1. The minimum atomic E-state index is -0.629. The highest BCUT2D eigenvalue weighted by atomic mass is 35.5. The van der Waals surface area contributed by atoms with Gasteiger partial charge in [-0.25, -0.2) is 0 Å². The molecule has 0 fully saturated rings. The normalized spacial score (nSPS) is 11.9. The van der Waals surface area contributed by atoms with Gasteiger partial charge in [-0.3, -0.25) is 9.59 Å². The Morgan fingerprint density at radius 1 is 1.15 bits per heavy atom. The summed E-state index contributed by atoms with van der Waals surface area (Å²) < 4.78 is 5.09. The van der Waals surface area contributed by atoms with E-state index in [9.17, 15) is 9.59 Å². The highest BCUT2D eigenvalue weighted by molar-refractivity contribution is 6.30. The quantitative estimate of drug-likeness (QED) is 0.740. The molecule has 0 radical (unpaired) electrons. The first-order valence-corrected chi connectivity index (χ1v) is 8.89. The largest absolute Gasteiger partial charge is 0.497 e. The van der Waals surface area contributed by atoms with Crippen LogP contribution in [-0.4, -0.2) is 36.9 Å². The topological polar surface area (TPSA) is 58.6 Å². The van der Waals surface area contributed by atoms with Crippen molar-refractivity contribution in [2.45, 2.75) is 19.5 Å². The number of nitrogens with one attached hydrogen (secondary N) is 1. The highest BCUT2D eigenvalue weighted by Crippen LogP contribution is 2.13. The summed E-state index contributed by atoms with van der Waals surface area (Å²) in [5.74, 6) is 0.252. The van der Waals surface area contributed by atoms with E-state index in [1.165, 1.54) is 6.08 Å². The van der Waals surface area contributed by atoms with Gasteiger partial charge in [-0.05, 0) is 48.4 Å². The Labute approximate surface area is 164 Å². The molecule has 6 heteroatoms. The zero-order valence-corrected chi connectivity index (χ0v) is 16.4. The maximum absolute atomic E-state index is 12.4. The van der Waals surface area contributed by atoms with Crippen molar-refractivity contribution in [2.75, 3.05) is 14.2 Å². The van der Waals surface area contributed by atoms with E-state index in [-0.39, 0.29) is 11.8 Å². The first-order chi connectivity index (χ1) is 12.9. The number of hydrogen-bond donors (Lipinski definition) is 1. The van der Waals surface area contributed by atoms with Gasteiger partial charge in [0.15, 0.2) is 0 Å². The fourth-order valence-corrected chi connectivity index (χ4v) is 2.61. The summed E-state index contributed by atoms with van der Waals surface area (Å²) in [5, 5.41) is 3.34. The molecular weight excluding hydrogens is 364 g/mol.